The lowest BCUT2D eigenvalue weighted by Crippen LogP contribution is -2.37. The average molecular weight is 668 g/mol. The molecule has 1 saturated heterocycles. The Kier molecular flexibility index (Phi) is 12.8. The van der Waals surface area contributed by atoms with Crippen LogP contribution in [-0.4, -0.2) is 86.3 Å². The number of amides is 1. The first-order chi connectivity index (χ1) is 22.9. The number of fused-ring (bicyclic) bond motifs is 2. The number of hydrogen-bond donors (Lipinski definition) is 2. The number of methoxy groups -OCH3 is 1. The molecule has 0 saturated carbocycles. The van der Waals surface area contributed by atoms with Crippen LogP contribution in [0.4, 0.5) is 0 Å². The van der Waals surface area contributed by atoms with Crippen LogP contribution in [0.15, 0.2) is 60.7 Å². The summed E-state index contributed by atoms with van der Waals surface area (Å²) in [6, 6.07) is 11.9. The van der Waals surface area contributed by atoms with Crippen molar-refractivity contribution in [1.29, 1.82) is 0 Å². The van der Waals surface area contributed by atoms with Crippen LogP contribution in [0, 0.1) is 5.92 Å². The summed E-state index contributed by atoms with van der Waals surface area (Å²) in [7, 11) is 1.46. The van der Waals surface area contributed by atoms with Gasteiger partial charge in [-0.15, -0.1) is 0 Å². The normalized spacial score (nSPS) is 25.0. The molecule has 260 valence electrons. The number of aliphatic hydroxyl groups is 1. The highest BCUT2D eigenvalue weighted by Gasteiger charge is 2.45. The van der Waals surface area contributed by atoms with Crippen LogP contribution in [0.1, 0.15) is 67.3 Å². The molecule has 2 aliphatic heterocycles. The van der Waals surface area contributed by atoms with Crippen LogP contribution < -0.4 is 14.8 Å². The highest BCUT2D eigenvalue weighted by atomic mass is 16.8. The van der Waals surface area contributed by atoms with E-state index < -0.39 is 48.2 Å². The molecule has 1 fully saturated rings. The molecule has 0 spiro atoms. The minimum absolute atomic E-state index is 0.00663. The molecule has 4 rings (SSSR count). The molecular formula is C36H45NO11. The summed E-state index contributed by atoms with van der Waals surface area (Å²) in [5, 5.41) is 12.8. The number of cyclic esters (lactones) is 1. The van der Waals surface area contributed by atoms with Gasteiger partial charge in [-0.3, -0.25) is 4.79 Å². The quantitative estimate of drug-likeness (QED) is 0.210. The van der Waals surface area contributed by atoms with E-state index in [1.807, 2.05) is 25.1 Å². The van der Waals surface area contributed by atoms with Crippen molar-refractivity contribution < 1.29 is 52.6 Å². The minimum atomic E-state index is -0.981. The van der Waals surface area contributed by atoms with Crippen molar-refractivity contribution in [1.82, 2.24) is 5.32 Å². The molecule has 0 aromatic heterocycles. The molecule has 6 atom stereocenters. The molecule has 5 unspecified atom stereocenters. The van der Waals surface area contributed by atoms with Gasteiger partial charge in [0, 0.05) is 32.6 Å². The molecule has 2 aromatic rings. The topological polar surface area (TPSA) is 148 Å². The van der Waals surface area contributed by atoms with Crippen molar-refractivity contribution in [3.05, 3.63) is 77.4 Å². The summed E-state index contributed by atoms with van der Waals surface area (Å²) in [5.74, 6) is -2.21. The summed E-state index contributed by atoms with van der Waals surface area (Å²) in [6.07, 6.45) is 3.92. The van der Waals surface area contributed by atoms with E-state index in [9.17, 15) is 19.5 Å². The van der Waals surface area contributed by atoms with E-state index in [0.29, 0.717) is 23.3 Å². The van der Waals surface area contributed by atoms with Gasteiger partial charge in [0.2, 0.25) is 5.91 Å². The summed E-state index contributed by atoms with van der Waals surface area (Å²) in [5.41, 5.74) is 0.984. The van der Waals surface area contributed by atoms with E-state index in [-0.39, 0.29) is 43.1 Å². The fraction of sp³-hybridized carbons (Fsp3) is 0.472. The van der Waals surface area contributed by atoms with Crippen molar-refractivity contribution in [3.63, 3.8) is 0 Å². The van der Waals surface area contributed by atoms with Crippen LogP contribution in [-0.2, 0) is 28.5 Å². The van der Waals surface area contributed by atoms with Gasteiger partial charge in [-0.05, 0) is 57.0 Å². The standard InChI is InChI=1S/C36H45NO11/c1-22-15-16-29(46-34(40)25-11-8-7-9-12-25)33-30(47-36(4,5)48-33)14-10-13-26-17-28(43-20-27(39)19-37-24(3)38)18-31(44-21-42-6)32(26)35(41)45-23(22)2/h7-13,15-18,22-23,27,29-30,33,39H,14,19-21H2,1-6H3,(H,37,38)/b13-10?,16-15-/t22-,23?,27?,29?,30?,33?/m1/s1. The highest BCUT2D eigenvalue weighted by molar-refractivity contribution is 5.97. The summed E-state index contributed by atoms with van der Waals surface area (Å²) < 4.78 is 41.3. The van der Waals surface area contributed by atoms with Gasteiger partial charge in [0.15, 0.2) is 12.6 Å². The number of carbonyl (C=O) groups excluding carboxylic acids is 3. The number of carbonyl (C=O) groups is 3. The monoisotopic (exact) mass is 667 g/mol. The van der Waals surface area contributed by atoms with Crippen LogP contribution in [0.3, 0.4) is 0 Å². The Morgan fingerprint density at radius 3 is 2.54 bits per heavy atom. The SMILES string of the molecule is COCOc1cc(OCC(O)CNC(C)=O)cc2c1C(=O)OC(C)[C@H](C)/C=C\C(OC(=O)c1ccccc1)C1OC(C)(C)OC1CC=C2. The molecule has 12 heteroatoms. The fourth-order valence-corrected chi connectivity index (χ4v) is 5.20. The Morgan fingerprint density at radius 1 is 1.08 bits per heavy atom. The van der Waals surface area contributed by atoms with Gasteiger partial charge < -0.3 is 43.6 Å². The van der Waals surface area contributed by atoms with E-state index in [1.165, 1.54) is 20.1 Å². The predicted octanol–water partition coefficient (Wildman–Crippen LogP) is 4.45. The maximum absolute atomic E-state index is 13.7. The molecule has 2 aromatic carbocycles. The third kappa shape index (κ3) is 10.1. The number of esters is 2. The molecule has 1 amide bonds. The van der Waals surface area contributed by atoms with Crippen molar-refractivity contribution in [2.24, 2.45) is 5.92 Å². The number of rotatable bonds is 10. The maximum Gasteiger partial charge on any atom is 0.342 e. The van der Waals surface area contributed by atoms with Gasteiger partial charge in [0.25, 0.3) is 0 Å². The maximum atomic E-state index is 13.7. The Hall–Kier alpha value is -4.23. The van der Waals surface area contributed by atoms with E-state index in [1.54, 1.807) is 63.3 Å². The molecule has 0 aliphatic carbocycles. The molecule has 0 bridgehead atoms. The lowest BCUT2D eigenvalue weighted by molar-refractivity contribution is -0.152. The first-order valence-electron chi connectivity index (χ1n) is 15.9. The largest absolute Gasteiger partial charge is 0.491 e. The van der Waals surface area contributed by atoms with Gasteiger partial charge >= 0.3 is 11.9 Å². The van der Waals surface area contributed by atoms with E-state index in [2.05, 4.69) is 5.32 Å². The zero-order valence-corrected chi connectivity index (χ0v) is 28.2. The van der Waals surface area contributed by atoms with E-state index in [4.69, 9.17) is 33.2 Å². The number of benzene rings is 2. The Labute approximate surface area is 280 Å². The van der Waals surface area contributed by atoms with Gasteiger partial charge in [-0.25, -0.2) is 9.59 Å². The van der Waals surface area contributed by atoms with Crippen LogP contribution in [0.2, 0.25) is 0 Å². The average Bonchev–Trinajstić information content (AvgIpc) is 3.36. The Balaban J connectivity index is 1.71. The summed E-state index contributed by atoms with van der Waals surface area (Å²) >= 11 is 0. The van der Waals surface area contributed by atoms with Crippen molar-refractivity contribution in [3.8, 4) is 11.5 Å². The third-order valence-corrected chi connectivity index (χ3v) is 7.77. The zero-order valence-electron chi connectivity index (χ0n) is 28.2. The Bertz CT molecular complexity index is 1470. The molecule has 2 N–H and O–H groups in total. The van der Waals surface area contributed by atoms with Gasteiger partial charge in [-0.1, -0.05) is 43.4 Å². The number of hydrogen-bond acceptors (Lipinski definition) is 11. The number of aliphatic hydroxyl groups excluding tert-OH is 1. The van der Waals surface area contributed by atoms with Gasteiger partial charge in [0.1, 0.15) is 48.1 Å². The molecule has 2 heterocycles. The third-order valence-electron chi connectivity index (χ3n) is 7.77. The molecular weight excluding hydrogens is 622 g/mol. The summed E-state index contributed by atoms with van der Waals surface area (Å²) in [4.78, 5) is 38.1. The van der Waals surface area contributed by atoms with Crippen molar-refractivity contribution in [2.75, 3.05) is 27.1 Å². The Morgan fingerprint density at radius 2 is 1.83 bits per heavy atom. The van der Waals surface area contributed by atoms with Crippen LogP contribution in [0.5, 0.6) is 11.5 Å². The van der Waals surface area contributed by atoms with E-state index >= 15 is 0 Å². The van der Waals surface area contributed by atoms with Crippen LogP contribution >= 0.6 is 0 Å². The molecule has 48 heavy (non-hydrogen) atoms. The highest BCUT2D eigenvalue weighted by Crippen LogP contribution is 2.36. The lowest BCUT2D eigenvalue weighted by atomic mass is 9.98. The first-order valence-corrected chi connectivity index (χ1v) is 15.9. The minimum Gasteiger partial charge on any atom is -0.491 e. The van der Waals surface area contributed by atoms with Crippen molar-refractivity contribution >= 4 is 23.9 Å². The van der Waals surface area contributed by atoms with E-state index in [0.717, 1.165) is 0 Å². The number of ether oxygens (including phenoxy) is 7. The van der Waals surface area contributed by atoms with Crippen molar-refractivity contribution in [2.45, 2.75) is 77.3 Å². The predicted molar refractivity (Wildman–Crippen MR) is 175 cm³/mol. The number of nitrogens with one attached hydrogen (secondary N) is 1. The lowest BCUT2D eigenvalue weighted by Gasteiger charge is -2.26. The molecule has 12 nitrogen and oxygen atoms in total. The van der Waals surface area contributed by atoms with Gasteiger partial charge in [0.05, 0.1) is 11.7 Å². The zero-order chi connectivity index (χ0) is 34.8. The molecule has 2 aliphatic rings. The first kappa shape index (κ1) is 36.6. The fourth-order valence-electron chi connectivity index (χ4n) is 5.20. The smallest absolute Gasteiger partial charge is 0.342 e. The second-order valence-corrected chi connectivity index (χ2v) is 12.2. The molecule has 0 radical (unpaired) electrons. The second kappa shape index (κ2) is 16.7. The van der Waals surface area contributed by atoms with Crippen LogP contribution in [0.25, 0.3) is 6.08 Å². The second-order valence-electron chi connectivity index (χ2n) is 12.2. The summed E-state index contributed by atoms with van der Waals surface area (Å²) in [6.45, 7) is 8.33. The van der Waals surface area contributed by atoms with Gasteiger partial charge in [-0.2, -0.15) is 0 Å².